The minimum absolute atomic E-state index is 0. The van der Waals surface area contributed by atoms with Crippen molar-refractivity contribution in [3.63, 3.8) is 0 Å². The van der Waals surface area contributed by atoms with E-state index in [9.17, 15) is 62.7 Å². The topological polar surface area (TPSA) is 259 Å². The molecule has 0 aliphatic rings. The molecule has 3 N–H and O–H groups in total. The molecule has 0 aliphatic carbocycles. The zero-order chi connectivity index (χ0) is 80.6. The fraction of sp³-hybridized carbons (Fsp3) is 0.136. The molecule has 13 aromatic rings. The average Bonchev–Trinajstić information content (AvgIpc) is 1.14. The molecule has 600 valence electrons. The van der Waals surface area contributed by atoms with Gasteiger partial charge in [0.2, 0.25) is 0 Å². The number of carbonyl (C=O) groups is 3. The van der Waals surface area contributed by atoms with Crippen LogP contribution in [0.2, 0.25) is 0 Å². The van der Waals surface area contributed by atoms with Crippen molar-refractivity contribution in [2.24, 2.45) is 10.8 Å². The van der Waals surface area contributed by atoms with Gasteiger partial charge in [0, 0.05) is 171 Å². The summed E-state index contributed by atoms with van der Waals surface area (Å²) in [4.78, 5) is 67.2. The number of nitrogens with zero attached hydrogens (tertiary/aromatic N) is 12. The van der Waals surface area contributed by atoms with Gasteiger partial charge in [-0.1, -0.05) is 154 Å². The maximum absolute atomic E-state index is 14.2. The molecule has 0 saturated heterocycles. The quantitative estimate of drug-likeness (QED) is 0.0653. The third-order valence-electron chi connectivity index (χ3n) is 13.5. The maximum atomic E-state index is 14.2. The molecule has 33 heteroatoms. The minimum Gasteiger partial charge on any atom is -0.573 e. The van der Waals surface area contributed by atoms with Gasteiger partial charge in [0.15, 0.2) is 5.69 Å². The number of benzene rings is 3. The first-order valence-corrected chi connectivity index (χ1v) is 32.1. The summed E-state index contributed by atoms with van der Waals surface area (Å²) in [7, 11) is 0. The first-order valence-electron chi connectivity index (χ1n) is 32.1. The molecule has 0 amide bonds. The molecule has 0 atom stereocenters. The standard InChI is InChI=1S/C17H15F2N2.C15H15F2N2.2C11H6F2N.C9H5F3N3.3C6H5NO2.4Ir/c1-17(2,3)10-11-7-8-21-14(9-11)12-5-6-13(18)16(20-4)15(12)19;1-15(2,3)9-10-6-7-18-12(8-10)11-4-5-13(16)19-14(11)17;2*12-8-4-5-9(10(13)7-8)11-3-1-2-6-14-11;10-9(11,12)8-5-7(14-15-8)6-3-1-2-4-13-6;3*8-6(9)5-3-1-2-4-7-5;;;;/h6-9H,10H2,1-3H3;5-8H,9H2,1-3H3;2*1-4,6-7H;1-5H;3*1-4H,(H,8,9);;;;/q5*-1;;;;;;;. The SMILES string of the molecule is CC(C)(C)Cc1ccnc(-c2[c-]cc(F)nc2F)c1.FC(F)(F)c1cc(-c2ccccn2)[n-]n1.Fc1c[c-]c(-c2ccccn2)c(F)c1.Fc1c[c-]c(-c2ccccn2)c(F)c1.O=C(O)c1ccccn1.O=C(O)c1ccccn1.O=C(O)c1ccccn1.[C-]#[N+]c1c(F)c[c-]c(-c2cc(CC(C)(C)C)ccn2)c1F.[Ir].[Ir].[Ir].[Ir]. The van der Waals surface area contributed by atoms with E-state index in [-0.39, 0.29) is 136 Å². The van der Waals surface area contributed by atoms with Crippen molar-refractivity contribution in [1.29, 1.82) is 0 Å². The third-order valence-corrected chi connectivity index (χ3v) is 13.5. The van der Waals surface area contributed by atoms with E-state index in [4.69, 9.17) is 21.9 Å². The van der Waals surface area contributed by atoms with Gasteiger partial charge < -0.3 is 45.5 Å². The van der Waals surface area contributed by atoms with Crippen molar-refractivity contribution in [2.45, 2.75) is 60.6 Å². The van der Waals surface area contributed by atoms with Gasteiger partial charge in [0.05, 0.1) is 6.57 Å². The van der Waals surface area contributed by atoms with Gasteiger partial charge in [-0.25, -0.2) is 38.1 Å². The van der Waals surface area contributed by atoms with E-state index in [1.54, 1.807) is 128 Å². The van der Waals surface area contributed by atoms with Crippen LogP contribution in [0.4, 0.5) is 54.0 Å². The molecule has 0 aliphatic heterocycles. The van der Waals surface area contributed by atoms with E-state index < -0.39 is 82.3 Å². The summed E-state index contributed by atoms with van der Waals surface area (Å²) in [6, 6.07) is 53.5. The Kier molecular flexibility index (Phi) is 42.4. The number of hydrogen-bond donors (Lipinski definition) is 3. The smallest absolute Gasteiger partial charge is 0.431 e. The monoisotopic (exact) mass is 2280 g/mol. The van der Waals surface area contributed by atoms with Crippen LogP contribution in [0, 0.1) is 88.5 Å². The second kappa shape index (κ2) is 48.8. The summed E-state index contributed by atoms with van der Waals surface area (Å²) in [5, 5.41) is 31.4. The number of carboxylic acids is 3. The van der Waals surface area contributed by atoms with Crippen molar-refractivity contribution in [3.8, 4) is 56.4 Å². The summed E-state index contributed by atoms with van der Waals surface area (Å²) in [6.07, 6.45) is 9.32. The van der Waals surface area contributed by atoms with Gasteiger partial charge in [-0.2, -0.15) is 13.2 Å². The van der Waals surface area contributed by atoms with Crippen molar-refractivity contribution in [1.82, 2.24) is 55.1 Å². The number of aromatic nitrogens is 11. The number of rotatable bonds is 10. The predicted molar refractivity (Wildman–Crippen MR) is 383 cm³/mol. The summed E-state index contributed by atoms with van der Waals surface area (Å²) >= 11 is 0. The van der Waals surface area contributed by atoms with E-state index in [1.807, 2.05) is 12.1 Å². The Hall–Kier alpha value is -11.1. The number of halogens is 11. The van der Waals surface area contributed by atoms with E-state index in [2.05, 4.69) is 126 Å². The zero-order valence-electron chi connectivity index (χ0n) is 60.2. The van der Waals surface area contributed by atoms with E-state index in [0.717, 1.165) is 66.4 Å². The van der Waals surface area contributed by atoms with Gasteiger partial charge in [-0.3, -0.25) is 41.2 Å². The molecule has 4 radical (unpaired) electrons. The van der Waals surface area contributed by atoms with Crippen molar-refractivity contribution < 1.29 is 158 Å². The Bertz CT molecular complexity index is 4960. The van der Waals surface area contributed by atoms with Crippen LogP contribution in [0.15, 0.2) is 225 Å². The zero-order valence-corrected chi connectivity index (χ0v) is 69.8. The molecule has 0 bridgehead atoms. The van der Waals surface area contributed by atoms with E-state index >= 15 is 0 Å². The van der Waals surface area contributed by atoms with Crippen molar-refractivity contribution in [2.75, 3.05) is 0 Å². The molecule has 0 spiro atoms. The largest absolute Gasteiger partial charge is 0.573 e. The molecule has 10 aromatic heterocycles. The van der Waals surface area contributed by atoms with E-state index in [1.165, 1.54) is 43.0 Å². The average molecular weight is 2280 g/mol. The Labute approximate surface area is 701 Å². The summed E-state index contributed by atoms with van der Waals surface area (Å²) in [6.45, 7) is 19.5. The van der Waals surface area contributed by atoms with Gasteiger partial charge in [-0.15, -0.1) is 48.0 Å². The van der Waals surface area contributed by atoms with Gasteiger partial charge in [0.25, 0.3) is 0 Å². The van der Waals surface area contributed by atoms with Gasteiger partial charge >= 0.3 is 24.1 Å². The Morgan fingerprint density at radius 2 is 0.781 bits per heavy atom. The third kappa shape index (κ3) is 34.1. The Morgan fingerprint density at radius 1 is 0.421 bits per heavy atom. The second-order valence-corrected chi connectivity index (χ2v) is 24.6. The van der Waals surface area contributed by atoms with Crippen LogP contribution in [0.25, 0.3) is 61.3 Å². The number of hydrogen-bond acceptors (Lipinski definition) is 13. The first-order chi connectivity index (χ1) is 52.2. The maximum Gasteiger partial charge on any atom is 0.431 e. The molecular formula is C81H62F11Ir4N12O6-5. The predicted octanol–water partition coefficient (Wildman–Crippen LogP) is 18.9. The molecule has 10 heterocycles. The summed E-state index contributed by atoms with van der Waals surface area (Å²) < 4.78 is 142. The van der Waals surface area contributed by atoms with Gasteiger partial charge in [-0.05, 0) is 125 Å². The van der Waals surface area contributed by atoms with Crippen molar-refractivity contribution >= 4 is 23.6 Å². The molecular weight excluding hydrogens is 2210 g/mol. The number of carboxylic acid groups (broad SMARTS) is 3. The van der Waals surface area contributed by atoms with Crippen LogP contribution in [-0.4, -0.2) is 83.2 Å². The van der Waals surface area contributed by atoms with Crippen LogP contribution in [0.1, 0.15) is 89.8 Å². The molecule has 0 fully saturated rings. The summed E-state index contributed by atoms with van der Waals surface area (Å²) in [5.74, 6) is -9.13. The molecule has 18 nitrogen and oxygen atoms in total. The molecule has 0 saturated carbocycles. The Morgan fingerprint density at radius 3 is 1.10 bits per heavy atom. The Balaban J connectivity index is 0.000000447. The fourth-order valence-electron chi connectivity index (χ4n) is 8.84. The molecule has 0 unspecified atom stereocenters. The van der Waals surface area contributed by atoms with Crippen LogP contribution >= 0.6 is 0 Å². The molecule has 13 rings (SSSR count). The first kappa shape index (κ1) is 99.0. The molecule has 3 aromatic carbocycles. The van der Waals surface area contributed by atoms with Gasteiger partial charge in [0.1, 0.15) is 34.7 Å². The second-order valence-electron chi connectivity index (χ2n) is 24.6. The van der Waals surface area contributed by atoms with Crippen LogP contribution < -0.4 is 5.10 Å². The van der Waals surface area contributed by atoms with Crippen molar-refractivity contribution in [3.05, 3.63) is 342 Å². The van der Waals surface area contributed by atoms with Crippen LogP contribution in [-0.2, 0) is 99.4 Å². The number of alkyl halides is 3. The molecule has 114 heavy (non-hydrogen) atoms. The fourth-order valence-corrected chi connectivity index (χ4v) is 8.84. The van der Waals surface area contributed by atoms with E-state index in [0.29, 0.717) is 28.5 Å². The number of pyridine rings is 9. The van der Waals surface area contributed by atoms with Crippen LogP contribution in [0.3, 0.4) is 0 Å². The normalized spacial score (nSPS) is 10.1. The number of aromatic carboxylic acids is 3. The summed E-state index contributed by atoms with van der Waals surface area (Å²) in [5.41, 5.74) is 3.58. The minimum atomic E-state index is -4.46. The van der Waals surface area contributed by atoms with Crippen LogP contribution in [0.5, 0.6) is 0 Å².